The first-order chi connectivity index (χ1) is 15.0. The molecule has 4 rings (SSSR count). The number of nitrogens with zero attached hydrogens (tertiary/aromatic N) is 2. The van der Waals surface area contributed by atoms with Crippen molar-refractivity contribution in [2.45, 2.75) is 20.1 Å². The molecule has 0 saturated carbocycles. The number of hydrogen-bond acceptors (Lipinski definition) is 4. The summed E-state index contributed by atoms with van der Waals surface area (Å²) in [6.07, 6.45) is 3.29. The Bertz CT molecular complexity index is 1200. The molecule has 2 aromatic heterocycles. The smallest absolute Gasteiger partial charge is 0.287 e. The third-order valence-electron chi connectivity index (χ3n) is 4.63. The zero-order valence-corrected chi connectivity index (χ0v) is 16.6. The van der Waals surface area contributed by atoms with Crippen LogP contribution in [0, 0.1) is 18.6 Å². The summed E-state index contributed by atoms with van der Waals surface area (Å²) in [5.41, 5.74) is 1.00. The van der Waals surface area contributed by atoms with Gasteiger partial charge in [-0.1, -0.05) is 6.07 Å². The predicted octanol–water partition coefficient (Wildman–Crippen LogP) is 4.56. The summed E-state index contributed by atoms with van der Waals surface area (Å²) in [5, 5.41) is 2.70. The number of rotatable bonds is 7. The highest BCUT2D eigenvalue weighted by Crippen LogP contribution is 2.18. The van der Waals surface area contributed by atoms with E-state index >= 15 is 0 Å². The van der Waals surface area contributed by atoms with Crippen molar-refractivity contribution in [3.8, 4) is 11.4 Å². The maximum absolute atomic E-state index is 14.5. The van der Waals surface area contributed by atoms with Gasteiger partial charge in [-0.25, -0.2) is 13.8 Å². The van der Waals surface area contributed by atoms with Crippen LogP contribution in [-0.2, 0) is 13.2 Å². The average Bonchev–Trinajstić information content (AvgIpc) is 3.41. The van der Waals surface area contributed by atoms with E-state index in [9.17, 15) is 13.6 Å². The van der Waals surface area contributed by atoms with Crippen molar-refractivity contribution in [3.05, 3.63) is 102 Å². The van der Waals surface area contributed by atoms with Crippen LogP contribution >= 0.6 is 0 Å². The van der Waals surface area contributed by atoms with Crippen LogP contribution in [-0.4, -0.2) is 15.5 Å². The van der Waals surface area contributed by atoms with Gasteiger partial charge in [-0.2, -0.15) is 0 Å². The van der Waals surface area contributed by atoms with E-state index < -0.39 is 11.7 Å². The number of carbonyl (C=O) groups excluding carboxylic acids is 1. The van der Waals surface area contributed by atoms with Gasteiger partial charge in [0.1, 0.15) is 35.6 Å². The number of furan rings is 1. The molecule has 8 heteroatoms. The van der Waals surface area contributed by atoms with Gasteiger partial charge in [0, 0.05) is 18.9 Å². The molecule has 0 radical (unpaired) electrons. The lowest BCUT2D eigenvalue weighted by molar-refractivity contribution is 0.0919. The molecule has 0 fully saturated rings. The van der Waals surface area contributed by atoms with E-state index in [1.807, 2.05) is 0 Å². The quantitative estimate of drug-likeness (QED) is 0.473. The highest BCUT2D eigenvalue weighted by molar-refractivity contribution is 5.91. The van der Waals surface area contributed by atoms with Crippen molar-refractivity contribution < 1.29 is 22.7 Å². The molecule has 0 bridgehead atoms. The Morgan fingerprint density at radius 2 is 1.94 bits per heavy atom. The fourth-order valence-corrected chi connectivity index (χ4v) is 3.02. The SMILES string of the molecule is Cc1nccn1-c1ccc(CNC(=O)c2ccc(COc3ccc(F)cc3)o2)cc1F. The minimum Gasteiger partial charge on any atom is -0.486 e. The topological polar surface area (TPSA) is 69.3 Å². The lowest BCUT2D eigenvalue weighted by atomic mass is 10.2. The number of aryl methyl sites for hydroxylation is 1. The van der Waals surface area contributed by atoms with Gasteiger partial charge < -0.3 is 19.0 Å². The third-order valence-corrected chi connectivity index (χ3v) is 4.63. The van der Waals surface area contributed by atoms with E-state index in [4.69, 9.17) is 9.15 Å². The number of ether oxygens (including phenoxy) is 1. The van der Waals surface area contributed by atoms with Crippen molar-refractivity contribution in [1.29, 1.82) is 0 Å². The Morgan fingerprint density at radius 3 is 2.65 bits per heavy atom. The fraction of sp³-hybridized carbons (Fsp3) is 0.130. The average molecular weight is 423 g/mol. The Labute approximate surface area is 177 Å². The molecule has 1 amide bonds. The van der Waals surface area contributed by atoms with Crippen LogP contribution in [0.3, 0.4) is 0 Å². The summed E-state index contributed by atoms with van der Waals surface area (Å²) in [6.45, 7) is 2.02. The second kappa shape index (κ2) is 8.83. The summed E-state index contributed by atoms with van der Waals surface area (Å²) in [4.78, 5) is 16.4. The second-order valence-electron chi connectivity index (χ2n) is 6.82. The minimum absolute atomic E-state index is 0.0965. The van der Waals surface area contributed by atoms with E-state index in [0.29, 0.717) is 28.6 Å². The number of amides is 1. The van der Waals surface area contributed by atoms with Gasteiger partial charge in [-0.3, -0.25) is 4.79 Å². The summed E-state index contributed by atoms with van der Waals surface area (Å²) < 4.78 is 40.0. The molecular weight excluding hydrogens is 404 g/mol. The van der Waals surface area contributed by atoms with Gasteiger partial charge in [-0.05, 0) is 61.0 Å². The molecule has 4 aromatic rings. The van der Waals surface area contributed by atoms with Gasteiger partial charge in [0.25, 0.3) is 5.91 Å². The van der Waals surface area contributed by atoms with Crippen molar-refractivity contribution in [2.24, 2.45) is 0 Å². The van der Waals surface area contributed by atoms with Gasteiger partial charge in [0.05, 0.1) is 5.69 Å². The lowest BCUT2D eigenvalue weighted by Crippen LogP contribution is -2.22. The maximum Gasteiger partial charge on any atom is 0.287 e. The predicted molar refractivity (Wildman–Crippen MR) is 109 cm³/mol. The standard InChI is InChI=1S/C23H19F2N3O3/c1-15-26-10-11-28(15)21-8-2-16(12-20(21)25)13-27-23(29)22-9-7-19(31-22)14-30-18-5-3-17(24)4-6-18/h2-12H,13-14H2,1H3,(H,27,29). The molecule has 31 heavy (non-hydrogen) atoms. The summed E-state index contributed by atoms with van der Waals surface area (Å²) in [6, 6.07) is 13.5. The van der Waals surface area contributed by atoms with Gasteiger partial charge in [-0.15, -0.1) is 0 Å². The molecule has 0 aliphatic carbocycles. The molecule has 6 nitrogen and oxygen atoms in total. The Kier molecular flexibility index (Phi) is 5.79. The van der Waals surface area contributed by atoms with Crippen molar-refractivity contribution >= 4 is 5.91 Å². The maximum atomic E-state index is 14.5. The van der Waals surface area contributed by atoms with E-state index in [-0.39, 0.29) is 24.7 Å². The second-order valence-corrected chi connectivity index (χ2v) is 6.82. The van der Waals surface area contributed by atoms with Crippen molar-refractivity contribution in [1.82, 2.24) is 14.9 Å². The zero-order chi connectivity index (χ0) is 21.8. The van der Waals surface area contributed by atoms with Gasteiger partial charge >= 0.3 is 0 Å². The lowest BCUT2D eigenvalue weighted by Gasteiger charge is -2.09. The summed E-state index contributed by atoms with van der Waals surface area (Å²) >= 11 is 0. The molecule has 0 unspecified atom stereocenters. The van der Waals surface area contributed by atoms with Crippen molar-refractivity contribution in [3.63, 3.8) is 0 Å². The molecule has 0 saturated heterocycles. The first-order valence-electron chi connectivity index (χ1n) is 9.53. The van der Waals surface area contributed by atoms with E-state index in [2.05, 4.69) is 10.3 Å². The molecule has 158 valence electrons. The zero-order valence-electron chi connectivity index (χ0n) is 16.6. The fourth-order valence-electron chi connectivity index (χ4n) is 3.02. The Morgan fingerprint density at radius 1 is 1.13 bits per heavy atom. The molecule has 2 aromatic carbocycles. The summed E-state index contributed by atoms with van der Waals surface area (Å²) in [7, 11) is 0. The molecule has 0 aliphatic rings. The van der Waals surface area contributed by atoms with Gasteiger partial charge in [0.15, 0.2) is 5.76 Å². The minimum atomic E-state index is -0.428. The molecule has 0 aliphatic heterocycles. The number of carbonyl (C=O) groups is 1. The largest absolute Gasteiger partial charge is 0.486 e. The van der Waals surface area contributed by atoms with Gasteiger partial charge in [0.2, 0.25) is 0 Å². The molecule has 0 atom stereocenters. The van der Waals surface area contributed by atoms with E-state index in [1.165, 1.54) is 36.4 Å². The highest BCUT2D eigenvalue weighted by atomic mass is 19.1. The number of imidazole rings is 1. The summed E-state index contributed by atoms with van der Waals surface area (Å²) in [5.74, 6) is 0.534. The molecule has 1 N–H and O–H groups in total. The van der Waals surface area contributed by atoms with E-state index in [1.54, 1.807) is 42.1 Å². The van der Waals surface area contributed by atoms with Crippen LogP contribution in [0.4, 0.5) is 8.78 Å². The molecule has 2 heterocycles. The van der Waals surface area contributed by atoms with Crippen LogP contribution in [0.5, 0.6) is 5.75 Å². The van der Waals surface area contributed by atoms with Crippen LogP contribution in [0.2, 0.25) is 0 Å². The van der Waals surface area contributed by atoms with Crippen LogP contribution in [0.1, 0.15) is 27.7 Å². The first-order valence-corrected chi connectivity index (χ1v) is 9.53. The number of hydrogen-bond donors (Lipinski definition) is 1. The number of nitrogens with one attached hydrogen (secondary N) is 1. The monoisotopic (exact) mass is 423 g/mol. The Balaban J connectivity index is 1.33. The highest BCUT2D eigenvalue weighted by Gasteiger charge is 2.13. The number of benzene rings is 2. The first kappa shape index (κ1) is 20.3. The number of halogens is 2. The molecule has 0 spiro atoms. The van der Waals surface area contributed by atoms with Crippen LogP contribution in [0.25, 0.3) is 5.69 Å². The van der Waals surface area contributed by atoms with E-state index in [0.717, 1.165) is 0 Å². The third kappa shape index (κ3) is 4.80. The van der Waals surface area contributed by atoms with Crippen LogP contribution in [0.15, 0.2) is 71.4 Å². The van der Waals surface area contributed by atoms with Crippen molar-refractivity contribution in [2.75, 3.05) is 0 Å². The normalized spacial score (nSPS) is 10.8. The van der Waals surface area contributed by atoms with Crippen LogP contribution < -0.4 is 10.1 Å². The molecular formula is C23H19F2N3O3. The Hall–Kier alpha value is -3.94. The number of aromatic nitrogens is 2.